The lowest BCUT2D eigenvalue weighted by Crippen LogP contribution is -2.37. The summed E-state index contributed by atoms with van der Waals surface area (Å²) < 4.78 is 39.9. The average molecular weight is 256 g/mol. The zero-order valence-corrected chi connectivity index (χ0v) is 9.92. The van der Waals surface area contributed by atoms with E-state index in [0.717, 1.165) is 32.1 Å². The van der Waals surface area contributed by atoms with Gasteiger partial charge in [0.25, 0.3) is 0 Å². The van der Waals surface area contributed by atoms with E-state index in [1.165, 1.54) is 0 Å². The SMILES string of the molecule is CCCCCCCCOC(=O)C(O)C(F)(F)F. The van der Waals surface area contributed by atoms with Crippen molar-refractivity contribution in [3.63, 3.8) is 0 Å². The molecule has 0 aromatic carbocycles. The van der Waals surface area contributed by atoms with E-state index in [4.69, 9.17) is 5.11 Å². The minimum Gasteiger partial charge on any atom is -0.464 e. The molecular weight excluding hydrogens is 237 g/mol. The van der Waals surface area contributed by atoms with E-state index >= 15 is 0 Å². The highest BCUT2D eigenvalue weighted by Gasteiger charge is 2.44. The molecule has 0 aliphatic carbocycles. The van der Waals surface area contributed by atoms with Crippen LogP contribution in [-0.2, 0) is 9.53 Å². The molecule has 0 rings (SSSR count). The fourth-order valence-corrected chi connectivity index (χ4v) is 1.27. The van der Waals surface area contributed by atoms with Gasteiger partial charge >= 0.3 is 12.1 Å². The largest absolute Gasteiger partial charge is 0.464 e. The van der Waals surface area contributed by atoms with Gasteiger partial charge in [-0.05, 0) is 6.42 Å². The molecule has 0 amide bonds. The fraction of sp³-hybridized carbons (Fsp3) is 0.909. The summed E-state index contributed by atoms with van der Waals surface area (Å²) in [5.41, 5.74) is 0. The van der Waals surface area contributed by atoms with E-state index in [1.54, 1.807) is 0 Å². The molecule has 0 aliphatic rings. The number of carbonyl (C=O) groups excluding carboxylic acids is 1. The Morgan fingerprint density at radius 1 is 1.18 bits per heavy atom. The molecule has 1 atom stereocenters. The third-order valence-electron chi connectivity index (χ3n) is 2.28. The third kappa shape index (κ3) is 8.01. The summed E-state index contributed by atoms with van der Waals surface area (Å²) >= 11 is 0. The van der Waals surface area contributed by atoms with Gasteiger partial charge in [0.1, 0.15) is 0 Å². The molecule has 0 aromatic heterocycles. The number of ether oxygens (including phenoxy) is 1. The molecular formula is C11H19F3O3. The predicted molar refractivity (Wildman–Crippen MR) is 56.4 cm³/mol. The summed E-state index contributed by atoms with van der Waals surface area (Å²) in [5, 5.41) is 8.53. The highest BCUT2D eigenvalue weighted by atomic mass is 19.4. The van der Waals surface area contributed by atoms with Gasteiger partial charge in [0.15, 0.2) is 0 Å². The first-order valence-corrected chi connectivity index (χ1v) is 5.81. The maximum atomic E-state index is 11.9. The zero-order valence-electron chi connectivity index (χ0n) is 9.92. The van der Waals surface area contributed by atoms with E-state index in [1.807, 2.05) is 0 Å². The number of aliphatic hydroxyl groups excluding tert-OH is 1. The molecule has 17 heavy (non-hydrogen) atoms. The molecule has 6 heteroatoms. The lowest BCUT2D eigenvalue weighted by Gasteiger charge is -2.13. The topological polar surface area (TPSA) is 46.5 Å². The maximum absolute atomic E-state index is 11.9. The van der Waals surface area contributed by atoms with Gasteiger partial charge in [0.2, 0.25) is 6.10 Å². The van der Waals surface area contributed by atoms with Crippen molar-refractivity contribution in [2.45, 2.75) is 57.7 Å². The molecule has 3 nitrogen and oxygen atoms in total. The Morgan fingerprint density at radius 3 is 2.24 bits per heavy atom. The lowest BCUT2D eigenvalue weighted by atomic mass is 10.1. The third-order valence-corrected chi connectivity index (χ3v) is 2.28. The van der Waals surface area contributed by atoms with Crippen LogP contribution in [0.2, 0.25) is 0 Å². The Kier molecular flexibility index (Phi) is 7.95. The van der Waals surface area contributed by atoms with Crippen molar-refractivity contribution >= 4 is 5.97 Å². The zero-order chi connectivity index (χ0) is 13.3. The summed E-state index contributed by atoms with van der Waals surface area (Å²) in [6, 6.07) is 0. The summed E-state index contributed by atoms with van der Waals surface area (Å²) in [4.78, 5) is 10.7. The molecule has 0 radical (unpaired) electrons. The van der Waals surface area contributed by atoms with Crippen LogP contribution in [0.5, 0.6) is 0 Å². The molecule has 0 fully saturated rings. The normalized spacial score (nSPS) is 13.5. The number of halogens is 3. The van der Waals surface area contributed by atoms with Crippen LogP contribution in [0.4, 0.5) is 13.2 Å². The monoisotopic (exact) mass is 256 g/mol. The van der Waals surface area contributed by atoms with Crippen LogP contribution in [0.3, 0.4) is 0 Å². The van der Waals surface area contributed by atoms with Gasteiger partial charge in [-0.2, -0.15) is 13.2 Å². The number of esters is 1. The molecule has 1 unspecified atom stereocenters. The second-order valence-corrected chi connectivity index (χ2v) is 3.88. The van der Waals surface area contributed by atoms with Gasteiger partial charge in [0.05, 0.1) is 6.61 Å². The Morgan fingerprint density at radius 2 is 1.71 bits per heavy atom. The van der Waals surface area contributed by atoms with Crippen LogP contribution in [0.1, 0.15) is 45.4 Å². The minimum atomic E-state index is -4.95. The van der Waals surface area contributed by atoms with Crippen molar-refractivity contribution in [1.29, 1.82) is 0 Å². The smallest absolute Gasteiger partial charge is 0.425 e. The van der Waals surface area contributed by atoms with E-state index in [9.17, 15) is 18.0 Å². The van der Waals surface area contributed by atoms with Crippen LogP contribution >= 0.6 is 0 Å². The Balaban J connectivity index is 3.52. The van der Waals surface area contributed by atoms with Gasteiger partial charge in [-0.15, -0.1) is 0 Å². The average Bonchev–Trinajstić information content (AvgIpc) is 2.25. The van der Waals surface area contributed by atoms with Gasteiger partial charge in [-0.3, -0.25) is 0 Å². The number of hydrogen-bond acceptors (Lipinski definition) is 3. The molecule has 0 spiro atoms. The first-order chi connectivity index (χ1) is 7.89. The molecule has 0 aromatic rings. The number of carbonyl (C=O) groups is 1. The second-order valence-electron chi connectivity index (χ2n) is 3.88. The number of unbranched alkanes of at least 4 members (excludes halogenated alkanes) is 5. The molecule has 0 saturated heterocycles. The summed E-state index contributed by atoms with van der Waals surface area (Å²) in [6.45, 7) is 2.01. The molecule has 0 aliphatic heterocycles. The van der Waals surface area contributed by atoms with Gasteiger partial charge in [0, 0.05) is 0 Å². The van der Waals surface area contributed by atoms with E-state index in [-0.39, 0.29) is 6.61 Å². The molecule has 102 valence electrons. The predicted octanol–water partition coefficient (Wildman–Crippen LogP) is 2.81. The number of hydrogen-bond donors (Lipinski definition) is 1. The van der Waals surface area contributed by atoms with Crippen molar-refractivity contribution in [3.8, 4) is 0 Å². The Bertz CT molecular complexity index is 216. The molecule has 0 bridgehead atoms. The number of rotatable bonds is 8. The Labute approximate surface area is 99.0 Å². The van der Waals surface area contributed by atoms with Crippen molar-refractivity contribution < 1.29 is 27.8 Å². The summed E-state index contributed by atoms with van der Waals surface area (Å²) in [5.74, 6) is -1.62. The van der Waals surface area contributed by atoms with Gasteiger partial charge < -0.3 is 9.84 Å². The van der Waals surface area contributed by atoms with Crippen LogP contribution in [0.15, 0.2) is 0 Å². The highest BCUT2D eigenvalue weighted by Crippen LogP contribution is 2.20. The van der Waals surface area contributed by atoms with Gasteiger partial charge in [-0.1, -0.05) is 39.0 Å². The van der Waals surface area contributed by atoms with Crippen molar-refractivity contribution in [2.24, 2.45) is 0 Å². The number of aliphatic hydroxyl groups is 1. The van der Waals surface area contributed by atoms with Gasteiger partial charge in [-0.25, -0.2) is 4.79 Å². The van der Waals surface area contributed by atoms with Crippen LogP contribution in [0.25, 0.3) is 0 Å². The van der Waals surface area contributed by atoms with Crippen LogP contribution in [0, 0.1) is 0 Å². The van der Waals surface area contributed by atoms with Crippen molar-refractivity contribution in [2.75, 3.05) is 6.61 Å². The second kappa shape index (κ2) is 8.33. The van der Waals surface area contributed by atoms with Crippen molar-refractivity contribution in [3.05, 3.63) is 0 Å². The first kappa shape index (κ1) is 16.2. The quantitative estimate of drug-likeness (QED) is 0.536. The van der Waals surface area contributed by atoms with Crippen LogP contribution < -0.4 is 0 Å². The standard InChI is InChI=1S/C11H19F3O3/c1-2-3-4-5-6-7-8-17-10(16)9(15)11(12,13)14/h9,15H,2-8H2,1H3. The van der Waals surface area contributed by atoms with Crippen molar-refractivity contribution in [1.82, 2.24) is 0 Å². The minimum absolute atomic E-state index is 0.0713. The number of alkyl halides is 3. The highest BCUT2D eigenvalue weighted by molar-refractivity contribution is 5.75. The summed E-state index contributed by atoms with van der Waals surface area (Å²) in [7, 11) is 0. The van der Waals surface area contributed by atoms with E-state index in [2.05, 4.69) is 11.7 Å². The summed E-state index contributed by atoms with van der Waals surface area (Å²) in [6.07, 6.45) is -2.32. The molecule has 0 heterocycles. The fourth-order valence-electron chi connectivity index (χ4n) is 1.27. The molecule has 1 N–H and O–H groups in total. The maximum Gasteiger partial charge on any atom is 0.425 e. The Hall–Kier alpha value is -0.780. The van der Waals surface area contributed by atoms with Crippen LogP contribution in [-0.4, -0.2) is 30.0 Å². The van der Waals surface area contributed by atoms with E-state index in [0.29, 0.717) is 6.42 Å². The first-order valence-electron chi connectivity index (χ1n) is 5.81. The van der Waals surface area contributed by atoms with E-state index < -0.39 is 18.2 Å². The lowest BCUT2D eigenvalue weighted by molar-refractivity contribution is -0.218. The molecule has 0 saturated carbocycles.